The Bertz CT molecular complexity index is 159. The fourth-order valence-corrected chi connectivity index (χ4v) is 2.34. The van der Waals surface area contributed by atoms with Crippen molar-refractivity contribution >= 4 is 0 Å². The summed E-state index contributed by atoms with van der Waals surface area (Å²) in [7, 11) is 0. The number of rotatable bonds is 1. The van der Waals surface area contributed by atoms with E-state index in [2.05, 4.69) is 13.8 Å². The lowest BCUT2D eigenvalue weighted by Gasteiger charge is -2.22. The Hall–Kier alpha value is -0.0800. The Balaban J connectivity index is 1.96. The first-order valence-electron chi connectivity index (χ1n) is 5.00. The fourth-order valence-electron chi connectivity index (χ4n) is 2.34. The minimum Gasteiger partial charge on any atom is -0.348 e. The minimum absolute atomic E-state index is 0.158. The van der Waals surface area contributed by atoms with Crippen LogP contribution in [0.1, 0.15) is 33.1 Å². The minimum atomic E-state index is -0.158. The largest absolute Gasteiger partial charge is 0.348 e. The van der Waals surface area contributed by atoms with E-state index >= 15 is 0 Å². The summed E-state index contributed by atoms with van der Waals surface area (Å²) in [5.74, 6) is 1.43. The Morgan fingerprint density at radius 1 is 1.25 bits per heavy atom. The van der Waals surface area contributed by atoms with Crippen molar-refractivity contribution in [2.75, 3.05) is 13.2 Å². The maximum Gasteiger partial charge on any atom is 0.168 e. The molecule has 1 spiro atoms. The normalized spacial score (nSPS) is 33.8. The van der Waals surface area contributed by atoms with Gasteiger partial charge in [-0.15, -0.1) is 0 Å². The molecule has 1 unspecified atom stereocenters. The first-order chi connectivity index (χ1) is 5.72. The molecule has 0 N–H and O–H groups in total. The highest BCUT2D eigenvalue weighted by Gasteiger charge is 2.44. The number of hydrogen-bond acceptors (Lipinski definition) is 2. The number of hydrogen-bond donors (Lipinski definition) is 0. The van der Waals surface area contributed by atoms with E-state index in [1.54, 1.807) is 0 Å². The van der Waals surface area contributed by atoms with Crippen molar-refractivity contribution < 1.29 is 9.47 Å². The lowest BCUT2D eigenvalue weighted by Crippen LogP contribution is -2.26. The van der Waals surface area contributed by atoms with E-state index < -0.39 is 0 Å². The molecule has 1 aliphatic heterocycles. The summed E-state index contributed by atoms with van der Waals surface area (Å²) < 4.78 is 11.3. The van der Waals surface area contributed by atoms with E-state index in [1.165, 1.54) is 6.42 Å². The molecular weight excluding hydrogens is 152 g/mol. The third-order valence-corrected chi connectivity index (χ3v) is 3.23. The Kier molecular flexibility index (Phi) is 2.13. The second-order valence-electron chi connectivity index (χ2n) is 4.35. The van der Waals surface area contributed by atoms with Gasteiger partial charge in [0.15, 0.2) is 5.79 Å². The van der Waals surface area contributed by atoms with Gasteiger partial charge in [-0.05, 0) is 18.3 Å². The second-order valence-corrected chi connectivity index (χ2v) is 4.35. The molecule has 0 amide bonds. The van der Waals surface area contributed by atoms with Crippen molar-refractivity contribution in [3.05, 3.63) is 0 Å². The zero-order valence-electron chi connectivity index (χ0n) is 8.01. The molecule has 2 heteroatoms. The van der Waals surface area contributed by atoms with E-state index in [4.69, 9.17) is 9.47 Å². The van der Waals surface area contributed by atoms with E-state index in [0.29, 0.717) is 0 Å². The van der Waals surface area contributed by atoms with Crippen molar-refractivity contribution in [1.29, 1.82) is 0 Å². The topological polar surface area (TPSA) is 18.5 Å². The zero-order chi connectivity index (χ0) is 8.60. The molecule has 0 radical (unpaired) electrons. The molecule has 0 aromatic rings. The summed E-state index contributed by atoms with van der Waals surface area (Å²) in [6.45, 7) is 6.17. The fraction of sp³-hybridized carbons (Fsp3) is 1.00. The average molecular weight is 170 g/mol. The van der Waals surface area contributed by atoms with Crippen LogP contribution in [0.4, 0.5) is 0 Å². The van der Waals surface area contributed by atoms with Gasteiger partial charge in [0.25, 0.3) is 0 Å². The highest BCUT2D eigenvalue weighted by atomic mass is 16.7. The lowest BCUT2D eigenvalue weighted by atomic mass is 9.94. The summed E-state index contributed by atoms with van der Waals surface area (Å²) in [6.07, 6.45) is 3.50. The molecular formula is C10H18O2. The van der Waals surface area contributed by atoms with Crippen molar-refractivity contribution in [3.63, 3.8) is 0 Å². The maximum absolute atomic E-state index is 5.66. The quantitative estimate of drug-likeness (QED) is 0.600. The Labute approximate surface area is 74.2 Å². The van der Waals surface area contributed by atoms with E-state index in [0.717, 1.165) is 37.9 Å². The third kappa shape index (κ3) is 1.38. The van der Waals surface area contributed by atoms with Crippen molar-refractivity contribution in [1.82, 2.24) is 0 Å². The Morgan fingerprint density at radius 3 is 2.42 bits per heavy atom. The summed E-state index contributed by atoms with van der Waals surface area (Å²) in [5.41, 5.74) is 0. The van der Waals surface area contributed by atoms with Crippen LogP contribution in [0.15, 0.2) is 0 Å². The monoisotopic (exact) mass is 170 g/mol. The molecule has 2 fully saturated rings. The second kappa shape index (κ2) is 3.00. The van der Waals surface area contributed by atoms with Gasteiger partial charge in [0.05, 0.1) is 13.2 Å². The SMILES string of the molecule is CC(C)C1CCC2(C1)OCCO2. The summed E-state index contributed by atoms with van der Waals surface area (Å²) >= 11 is 0. The molecule has 1 atom stereocenters. The van der Waals surface area contributed by atoms with Crippen LogP contribution in [0.25, 0.3) is 0 Å². The molecule has 2 rings (SSSR count). The average Bonchev–Trinajstić information content (AvgIpc) is 2.62. The summed E-state index contributed by atoms with van der Waals surface area (Å²) in [5, 5.41) is 0. The molecule has 70 valence electrons. The van der Waals surface area contributed by atoms with Gasteiger partial charge in [0.1, 0.15) is 0 Å². The lowest BCUT2D eigenvalue weighted by molar-refractivity contribution is -0.153. The predicted octanol–water partition coefficient (Wildman–Crippen LogP) is 2.19. The third-order valence-electron chi connectivity index (χ3n) is 3.23. The standard InChI is InChI=1S/C10H18O2/c1-8(2)9-3-4-10(7-9)11-5-6-12-10/h8-9H,3-7H2,1-2H3. The van der Waals surface area contributed by atoms with Crippen LogP contribution in [-0.4, -0.2) is 19.0 Å². The molecule has 2 aliphatic rings. The highest BCUT2D eigenvalue weighted by molar-refractivity contribution is 4.87. The summed E-state index contributed by atoms with van der Waals surface area (Å²) in [6, 6.07) is 0. The van der Waals surface area contributed by atoms with Crippen molar-refractivity contribution in [2.24, 2.45) is 11.8 Å². The van der Waals surface area contributed by atoms with Crippen molar-refractivity contribution in [3.8, 4) is 0 Å². The van der Waals surface area contributed by atoms with E-state index in [-0.39, 0.29) is 5.79 Å². The maximum atomic E-state index is 5.66. The predicted molar refractivity (Wildman–Crippen MR) is 46.8 cm³/mol. The Morgan fingerprint density at radius 2 is 1.92 bits per heavy atom. The van der Waals surface area contributed by atoms with Crippen molar-refractivity contribution in [2.45, 2.75) is 38.9 Å². The van der Waals surface area contributed by atoms with Crippen LogP contribution in [-0.2, 0) is 9.47 Å². The molecule has 2 nitrogen and oxygen atoms in total. The van der Waals surface area contributed by atoms with Gasteiger partial charge in [-0.1, -0.05) is 13.8 Å². The van der Waals surface area contributed by atoms with Crippen LogP contribution in [0.2, 0.25) is 0 Å². The van der Waals surface area contributed by atoms with Crippen LogP contribution >= 0.6 is 0 Å². The van der Waals surface area contributed by atoms with Gasteiger partial charge < -0.3 is 9.47 Å². The van der Waals surface area contributed by atoms with Crippen LogP contribution < -0.4 is 0 Å². The molecule has 1 saturated carbocycles. The first kappa shape index (κ1) is 8.52. The molecule has 1 heterocycles. The number of ether oxygens (including phenoxy) is 2. The van der Waals surface area contributed by atoms with Gasteiger partial charge in [-0.25, -0.2) is 0 Å². The molecule has 0 aromatic heterocycles. The van der Waals surface area contributed by atoms with E-state index in [9.17, 15) is 0 Å². The molecule has 1 aliphatic carbocycles. The first-order valence-corrected chi connectivity index (χ1v) is 5.00. The van der Waals surface area contributed by atoms with Gasteiger partial charge >= 0.3 is 0 Å². The van der Waals surface area contributed by atoms with E-state index in [1.807, 2.05) is 0 Å². The van der Waals surface area contributed by atoms with Gasteiger partial charge in [0, 0.05) is 12.8 Å². The summed E-state index contributed by atoms with van der Waals surface area (Å²) in [4.78, 5) is 0. The van der Waals surface area contributed by atoms with Gasteiger partial charge in [-0.3, -0.25) is 0 Å². The van der Waals surface area contributed by atoms with Crippen LogP contribution in [0, 0.1) is 11.8 Å². The molecule has 0 bridgehead atoms. The zero-order valence-corrected chi connectivity index (χ0v) is 8.01. The van der Waals surface area contributed by atoms with Crippen LogP contribution in [0.3, 0.4) is 0 Å². The highest BCUT2D eigenvalue weighted by Crippen LogP contribution is 2.43. The smallest absolute Gasteiger partial charge is 0.168 e. The molecule has 0 aromatic carbocycles. The van der Waals surface area contributed by atoms with Crippen LogP contribution in [0.5, 0.6) is 0 Å². The van der Waals surface area contributed by atoms with Gasteiger partial charge in [-0.2, -0.15) is 0 Å². The van der Waals surface area contributed by atoms with Gasteiger partial charge in [0.2, 0.25) is 0 Å². The molecule has 12 heavy (non-hydrogen) atoms. The molecule has 1 saturated heterocycles.